The van der Waals surface area contributed by atoms with Gasteiger partial charge in [-0.05, 0) is 6.92 Å². The molecule has 0 aliphatic carbocycles. The molecule has 5 unspecified atom stereocenters. The van der Waals surface area contributed by atoms with Crippen molar-refractivity contribution in [2.75, 3.05) is 39.6 Å². The maximum absolute atomic E-state index is 12.6. The molecule has 32 nitrogen and oxygen atoms in total. The van der Waals surface area contributed by atoms with Gasteiger partial charge < -0.3 is 150 Å². The Morgan fingerprint density at radius 3 is 1.56 bits per heavy atom. The van der Waals surface area contributed by atoms with Crippen molar-refractivity contribution in [1.29, 1.82) is 0 Å². The summed E-state index contributed by atoms with van der Waals surface area (Å²) >= 11 is 0. The van der Waals surface area contributed by atoms with Crippen LogP contribution in [0.15, 0.2) is 0 Å². The SMILES string of the molecule is CC(=O)N[C@@H](CO)[C@@H](O)[C@H](OC1O[C@H](CO)[C@@H](OC2O[C@H](COC3O[C@H](CO)[C@@H](O)[C@H](OC4O[C@H](CO)[C@@H](O)[C@H](O)[C@@H]4O)[C@@H]3O)[C@@H](O)[C@H](O)[C@@H]2O)[C@H](O)[C@H]1NC(C)=O)[C@H](O)COC1O[C@@H](C)[C@@H](O)[C@@H](O)[C@@H]1O. The van der Waals surface area contributed by atoms with Gasteiger partial charge in [0.15, 0.2) is 31.5 Å². The number of amides is 2. The molecule has 0 spiro atoms. The molecule has 20 N–H and O–H groups in total. The van der Waals surface area contributed by atoms with Crippen LogP contribution in [0.5, 0.6) is 0 Å². The Morgan fingerprint density at radius 2 is 1.00 bits per heavy atom. The number of hydrogen-bond donors (Lipinski definition) is 20. The Bertz CT molecular complexity index is 1680. The van der Waals surface area contributed by atoms with E-state index in [-0.39, 0.29) is 0 Å². The lowest BCUT2D eigenvalue weighted by Gasteiger charge is -2.48. The van der Waals surface area contributed by atoms with Crippen LogP contribution in [0.3, 0.4) is 0 Å². The van der Waals surface area contributed by atoms with Crippen molar-refractivity contribution >= 4 is 11.8 Å². The first-order valence-corrected chi connectivity index (χ1v) is 22.9. The van der Waals surface area contributed by atoms with Crippen molar-refractivity contribution < 1.29 is 149 Å². The Morgan fingerprint density at radius 1 is 0.514 bits per heavy atom. The molecule has 0 aromatic heterocycles. The smallest absolute Gasteiger partial charge is 0.217 e. The van der Waals surface area contributed by atoms with Crippen molar-refractivity contribution in [3.63, 3.8) is 0 Å². The second kappa shape index (κ2) is 26.7. The van der Waals surface area contributed by atoms with Gasteiger partial charge in [-0.1, -0.05) is 0 Å². The van der Waals surface area contributed by atoms with Crippen LogP contribution >= 0.6 is 0 Å². The molecule has 0 aromatic carbocycles. The number of hydrogen-bond acceptors (Lipinski definition) is 30. The topological polar surface area (TPSA) is 515 Å². The first kappa shape index (κ1) is 60.7. The summed E-state index contributed by atoms with van der Waals surface area (Å²) in [5.74, 6) is -1.63. The number of aliphatic hydroxyl groups excluding tert-OH is 18. The minimum atomic E-state index is -2.16. The number of rotatable bonds is 21. The molecular formula is C40H70N2O30. The maximum Gasteiger partial charge on any atom is 0.217 e. The fraction of sp³-hybridized carbons (Fsp3) is 0.950. The summed E-state index contributed by atoms with van der Waals surface area (Å²) < 4.78 is 56.1. The summed E-state index contributed by atoms with van der Waals surface area (Å²) in [5, 5.41) is 196. The van der Waals surface area contributed by atoms with E-state index in [0.29, 0.717) is 0 Å². The molecule has 32 heteroatoms. The van der Waals surface area contributed by atoms with Crippen molar-refractivity contribution in [2.24, 2.45) is 0 Å². The molecule has 5 aliphatic heterocycles. The van der Waals surface area contributed by atoms with E-state index in [1.807, 2.05) is 0 Å². The molecule has 29 atom stereocenters. The largest absolute Gasteiger partial charge is 0.394 e. The standard InChI is InChI=1S/C40H70N2O30/c1-10-20(50)26(56)29(59)37(65-10)63-8-14(49)33(21(51)13(4-43)41-11(2)47)70-36-19(42-12(3)48)25(55)34(17(7-46)68-36)71-40-31(61)28(58)23(53)18(69-40)9-64-38-32(62)35(24(54)16(6-45)66-38)72-39-30(60)27(57)22(52)15(5-44)67-39/h10,13-40,43-46,49-62H,4-9H2,1-3H3,(H,41,47)(H,42,48)/t10-,13-,14+,15+,16+,17+,18+,19+,20+,21+,22+,23+,24+,25+,26+,27-,28-,29-,30-,31-,32-,33+,34+,35-,36?,37?,38?,39?,40?/m0/s1. The van der Waals surface area contributed by atoms with Gasteiger partial charge in [0.1, 0.15) is 134 Å². The molecule has 5 fully saturated rings. The highest BCUT2D eigenvalue weighted by atomic mass is 16.8. The third kappa shape index (κ3) is 13.9. The molecule has 0 radical (unpaired) electrons. The quantitative estimate of drug-likeness (QED) is 0.0507. The Balaban J connectivity index is 1.32. The fourth-order valence-corrected chi connectivity index (χ4v) is 8.66. The molecule has 0 bridgehead atoms. The summed E-state index contributed by atoms with van der Waals surface area (Å²) in [6.07, 6.45) is -50.1. The van der Waals surface area contributed by atoms with E-state index >= 15 is 0 Å². The Kier molecular flexibility index (Phi) is 22.5. The van der Waals surface area contributed by atoms with Crippen LogP contribution in [0, 0.1) is 0 Å². The predicted octanol–water partition coefficient (Wildman–Crippen LogP) is -13.1. The number of ether oxygens (including phenoxy) is 10. The molecule has 72 heavy (non-hydrogen) atoms. The molecular weight excluding hydrogens is 988 g/mol. The van der Waals surface area contributed by atoms with E-state index in [1.165, 1.54) is 6.92 Å². The summed E-state index contributed by atoms with van der Waals surface area (Å²) in [6.45, 7) is -2.22. The average Bonchev–Trinajstić information content (AvgIpc) is 3.34. The van der Waals surface area contributed by atoms with Crippen LogP contribution in [-0.4, -0.2) is 321 Å². The predicted molar refractivity (Wildman–Crippen MR) is 223 cm³/mol. The molecule has 0 aromatic rings. The number of carbonyl (C=O) groups excluding carboxylic acids is 2. The van der Waals surface area contributed by atoms with Crippen LogP contribution in [0.25, 0.3) is 0 Å². The second-order valence-electron chi connectivity index (χ2n) is 18.1. The van der Waals surface area contributed by atoms with E-state index in [4.69, 9.17) is 47.4 Å². The van der Waals surface area contributed by atoms with Gasteiger partial charge >= 0.3 is 0 Å². The Labute approximate surface area is 409 Å². The molecule has 5 rings (SSSR count). The highest BCUT2D eigenvalue weighted by Gasteiger charge is 2.55. The lowest BCUT2D eigenvalue weighted by Crippen LogP contribution is -2.69. The van der Waals surface area contributed by atoms with Crippen molar-refractivity contribution in [3.05, 3.63) is 0 Å². The van der Waals surface area contributed by atoms with Crippen molar-refractivity contribution in [2.45, 2.75) is 199 Å². The lowest BCUT2D eigenvalue weighted by atomic mass is 9.94. The highest BCUT2D eigenvalue weighted by molar-refractivity contribution is 5.73. The minimum Gasteiger partial charge on any atom is -0.394 e. The first-order chi connectivity index (χ1) is 33.9. The van der Waals surface area contributed by atoms with Crippen LogP contribution in [0.1, 0.15) is 20.8 Å². The van der Waals surface area contributed by atoms with Gasteiger partial charge in [-0.2, -0.15) is 0 Å². The summed E-state index contributed by atoms with van der Waals surface area (Å²) in [5.41, 5.74) is 0. The summed E-state index contributed by atoms with van der Waals surface area (Å²) in [7, 11) is 0. The van der Waals surface area contributed by atoms with E-state index in [9.17, 15) is 102 Å². The highest BCUT2D eigenvalue weighted by Crippen LogP contribution is 2.34. The molecule has 2 amide bonds. The molecule has 5 saturated heterocycles. The van der Waals surface area contributed by atoms with Gasteiger partial charge in [-0.25, -0.2) is 0 Å². The van der Waals surface area contributed by atoms with Gasteiger partial charge in [-0.3, -0.25) is 9.59 Å². The molecule has 420 valence electrons. The third-order valence-corrected chi connectivity index (χ3v) is 12.8. The minimum absolute atomic E-state index is 0.763. The van der Waals surface area contributed by atoms with Crippen LogP contribution in [-0.2, 0) is 57.0 Å². The van der Waals surface area contributed by atoms with Crippen LogP contribution in [0.4, 0.5) is 0 Å². The number of aliphatic hydroxyl groups is 18. The van der Waals surface area contributed by atoms with E-state index < -0.39 is 229 Å². The molecule has 0 saturated carbocycles. The van der Waals surface area contributed by atoms with Crippen LogP contribution in [0.2, 0.25) is 0 Å². The zero-order valence-electron chi connectivity index (χ0n) is 38.9. The van der Waals surface area contributed by atoms with Gasteiger partial charge in [0.05, 0.1) is 51.8 Å². The van der Waals surface area contributed by atoms with Gasteiger partial charge in [0, 0.05) is 13.8 Å². The van der Waals surface area contributed by atoms with Gasteiger partial charge in [0.25, 0.3) is 0 Å². The fourth-order valence-electron chi connectivity index (χ4n) is 8.66. The number of carbonyl (C=O) groups is 2. The maximum atomic E-state index is 12.6. The molecule has 5 heterocycles. The van der Waals surface area contributed by atoms with Crippen molar-refractivity contribution in [3.8, 4) is 0 Å². The van der Waals surface area contributed by atoms with E-state index in [1.54, 1.807) is 0 Å². The zero-order chi connectivity index (χ0) is 53.6. The second-order valence-corrected chi connectivity index (χ2v) is 18.1. The van der Waals surface area contributed by atoms with Crippen LogP contribution < -0.4 is 10.6 Å². The summed E-state index contributed by atoms with van der Waals surface area (Å²) in [6, 6.07) is -3.39. The monoisotopic (exact) mass is 1060 g/mol. The van der Waals surface area contributed by atoms with E-state index in [0.717, 1.165) is 13.8 Å². The van der Waals surface area contributed by atoms with Gasteiger partial charge in [-0.15, -0.1) is 0 Å². The van der Waals surface area contributed by atoms with Gasteiger partial charge in [0.2, 0.25) is 11.8 Å². The lowest BCUT2D eigenvalue weighted by molar-refractivity contribution is -0.371. The Hall–Kier alpha value is -2.18. The normalized spacial score (nSPS) is 45.7. The zero-order valence-corrected chi connectivity index (χ0v) is 38.9. The first-order valence-electron chi connectivity index (χ1n) is 22.9. The third-order valence-electron chi connectivity index (χ3n) is 12.8. The summed E-state index contributed by atoms with van der Waals surface area (Å²) in [4.78, 5) is 24.5. The number of nitrogens with one attached hydrogen (secondary N) is 2. The van der Waals surface area contributed by atoms with E-state index in [2.05, 4.69) is 10.6 Å². The van der Waals surface area contributed by atoms with Crippen molar-refractivity contribution in [1.82, 2.24) is 10.6 Å². The average molecular weight is 1060 g/mol. The molecule has 5 aliphatic rings.